The Morgan fingerprint density at radius 2 is 2.05 bits per heavy atom. The summed E-state index contributed by atoms with van der Waals surface area (Å²) in [4.78, 5) is 2.61. The van der Waals surface area contributed by atoms with Crippen molar-refractivity contribution in [3.05, 3.63) is 11.9 Å². The number of likely N-dealkylation sites (tertiary alicyclic amines) is 1. The predicted molar refractivity (Wildman–Crippen MR) is 78.2 cm³/mol. The summed E-state index contributed by atoms with van der Waals surface area (Å²) in [6.07, 6.45) is 8.05. The first-order valence-corrected chi connectivity index (χ1v) is 7.86. The number of rotatable bonds is 6. The average Bonchev–Trinajstić information content (AvgIpc) is 2.88. The van der Waals surface area contributed by atoms with Gasteiger partial charge in [0.05, 0.1) is 11.7 Å². The quantitative estimate of drug-likeness (QED) is 0.792. The number of hydrogen-bond donors (Lipinski definition) is 0. The maximum atomic E-state index is 4.31. The van der Waals surface area contributed by atoms with Gasteiger partial charge in [0, 0.05) is 25.8 Å². The van der Waals surface area contributed by atoms with Crippen molar-refractivity contribution in [2.24, 2.45) is 5.92 Å². The third-order valence-corrected chi connectivity index (χ3v) is 4.26. The van der Waals surface area contributed by atoms with Gasteiger partial charge in [-0.05, 0) is 25.2 Å². The summed E-state index contributed by atoms with van der Waals surface area (Å²) >= 11 is 0. The number of nitrogens with zero attached hydrogens (tertiary/aromatic N) is 4. The molecule has 2 rings (SSSR count). The van der Waals surface area contributed by atoms with E-state index in [1.807, 2.05) is 0 Å². The molecule has 1 aliphatic rings. The SMILES string of the molecule is CCCc1cn(C2CCN(C[C@H](C)CC)CC2)nn1. The van der Waals surface area contributed by atoms with Gasteiger partial charge >= 0.3 is 0 Å². The molecular weight excluding hydrogens is 236 g/mol. The Balaban J connectivity index is 1.81. The molecule has 0 amide bonds. The zero-order valence-electron chi connectivity index (χ0n) is 12.7. The topological polar surface area (TPSA) is 34.0 Å². The van der Waals surface area contributed by atoms with Gasteiger partial charge in [-0.3, -0.25) is 0 Å². The smallest absolute Gasteiger partial charge is 0.0827 e. The van der Waals surface area contributed by atoms with Crippen molar-refractivity contribution in [2.45, 2.75) is 58.9 Å². The summed E-state index contributed by atoms with van der Waals surface area (Å²) in [5, 5.41) is 8.57. The molecule has 0 saturated carbocycles. The summed E-state index contributed by atoms with van der Waals surface area (Å²) in [5.41, 5.74) is 1.14. The minimum Gasteiger partial charge on any atom is -0.303 e. The lowest BCUT2D eigenvalue weighted by Gasteiger charge is -2.33. The molecule has 1 aliphatic heterocycles. The third-order valence-electron chi connectivity index (χ3n) is 4.26. The van der Waals surface area contributed by atoms with Gasteiger partial charge in [-0.1, -0.05) is 38.8 Å². The Hall–Kier alpha value is -0.900. The van der Waals surface area contributed by atoms with Gasteiger partial charge in [0.2, 0.25) is 0 Å². The maximum Gasteiger partial charge on any atom is 0.0827 e. The van der Waals surface area contributed by atoms with E-state index in [-0.39, 0.29) is 0 Å². The summed E-state index contributed by atoms with van der Waals surface area (Å²) in [5.74, 6) is 0.819. The highest BCUT2D eigenvalue weighted by Crippen LogP contribution is 2.22. The fraction of sp³-hybridized carbons (Fsp3) is 0.867. The van der Waals surface area contributed by atoms with Crippen molar-refractivity contribution < 1.29 is 0 Å². The highest BCUT2D eigenvalue weighted by Gasteiger charge is 2.22. The lowest BCUT2D eigenvalue weighted by Crippen LogP contribution is -2.37. The Morgan fingerprint density at radius 3 is 2.68 bits per heavy atom. The van der Waals surface area contributed by atoms with Crippen LogP contribution < -0.4 is 0 Å². The molecule has 1 aromatic rings. The maximum absolute atomic E-state index is 4.31. The van der Waals surface area contributed by atoms with E-state index < -0.39 is 0 Å². The lowest BCUT2D eigenvalue weighted by atomic mass is 10.0. The van der Waals surface area contributed by atoms with E-state index >= 15 is 0 Å². The standard InChI is InChI=1S/C15H28N4/c1-4-6-14-12-19(17-16-14)15-7-9-18(10-8-15)11-13(3)5-2/h12-13,15H,4-11H2,1-3H3/t13-/m1/s1. The molecule has 2 heterocycles. The fourth-order valence-electron chi connectivity index (χ4n) is 2.80. The molecule has 108 valence electrons. The van der Waals surface area contributed by atoms with Crippen molar-refractivity contribution in [3.8, 4) is 0 Å². The van der Waals surface area contributed by atoms with Crippen LogP contribution in [0.25, 0.3) is 0 Å². The molecule has 0 bridgehead atoms. The van der Waals surface area contributed by atoms with Crippen LogP contribution in [-0.4, -0.2) is 39.5 Å². The van der Waals surface area contributed by atoms with Crippen LogP contribution in [0.15, 0.2) is 6.20 Å². The van der Waals surface area contributed by atoms with E-state index in [9.17, 15) is 0 Å². The summed E-state index contributed by atoms with van der Waals surface area (Å²) in [6.45, 7) is 10.5. The van der Waals surface area contributed by atoms with Crippen molar-refractivity contribution >= 4 is 0 Å². The van der Waals surface area contributed by atoms with Crippen LogP contribution in [0.5, 0.6) is 0 Å². The lowest BCUT2D eigenvalue weighted by molar-refractivity contribution is 0.159. The van der Waals surface area contributed by atoms with E-state index in [2.05, 4.69) is 46.9 Å². The zero-order valence-corrected chi connectivity index (χ0v) is 12.7. The summed E-state index contributed by atoms with van der Waals surface area (Å²) < 4.78 is 2.10. The van der Waals surface area contributed by atoms with Gasteiger partial charge in [-0.25, -0.2) is 4.68 Å². The van der Waals surface area contributed by atoms with Crippen LogP contribution in [0.1, 0.15) is 58.2 Å². The van der Waals surface area contributed by atoms with Crippen molar-refractivity contribution in [2.75, 3.05) is 19.6 Å². The Morgan fingerprint density at radius 1 is 1.32 bits per heavy atom. The molecule has 0 aliphatic carbocycles. The van der Waals surface area contributed by atoms with Gasteiger partial charge in [-0.15, -0.1) is 5.10 Å². The number of hydrogen-bond acceptors (Lipinski definition) is 3. The van der Waals surface area contributed by atoms with Gasteiger partial charge in [0.25, 0.3) is 0 Å². The van der Waals surface area contributed by atoms with Crippen molar-refractivity contribution in [1.82, 2.24) is 19.9 Å². The second-order valence-electron chi connectivity index (χ2n) is 5.99. The van der Waals surface area contributed by atoms with Crippen LogP contribution in [0.3, 0.4) is 0 Å². The Labute approximate surface area is 117 Å². The second kappa shape index (κ2) is 7.04. The minimum absolute atomic E-state index is 0.561. The van der Waals surface area contributed by atoms with Gasteiger partial charge in [0.15, 0.2) is 0 Å². The monoisotopic (exact) mass is 264 g/mol. The molecule has 1 aromatic heterocycles. The molecule has 0 unspecified atom stereocenters. The van der Waals surface area contributed by atoms with Crippen molar-refractivity contribution in [3.63, 3.8) is 0 Å². The molecular formula is C15H28N4. The molecule has 4 nitrogen and oxygen atoms in total. The highest BCUT2D eigenvalue weighted by molar-refractivity contribution is 4.94. The van der Waals surface area contributed by atoms with Crippen LogP contribution in [0.2, 0.25) is 0 Å². The molecule has 19 heavy (non-hydrogen) atoms. The molecule has 1 fully saturated rings. The average molecular weight is 264 g/mol. The molecule has 0 aromatic carbocycles. The number of piperidine rings is 1. The van der Waals surface area contributed by atoms with E-state index in [1.165, 1.54) is 38.9 Å². The predicted octanol–water partition coefficient (Wildman–Crippen LogP) is 2.91. The van der Waals surface area contributed by atoms with Crippen LogP contribution >= 0.6 is 0 Å². The summed E-state index contributed by atoms with van der Waals surface area (Å²) in [7, 11) is 0. The van der Waals surface area contributed by atoms with Gasteiger partial charge in [0.1, 0.15) is 0 Å². The first kappa shape index (κ1) is 14.5. The number of aryl methyl sites for hydroxylation is 1. The molecule has 0 N–H and O–H groups in total. The van der Waals surface area contributed by atoms with Gasteiger partial charge < -0.3 is 4.90 Å². The first-order valence-electron chi connectivity index (χ1n) is 7.86. The molecule has 4 heteroatoms. The summed E-state index contributed by atoms with van der Waals surface area (Å²) in [6, 6.07) is 0.561. The van der Waals surface area contributed by atoms with E-state index in [1.54, 1.807) is 0 Å². The van der Waals surface area contributed by atoms with Crippen LogP contribution in [-0.2, 0) is 6.42 Å². The third kappa shape index (κ3) is 4.03. The molecule has 0 spiro atoms. The van der Waals surface area contributed by atoms with Gasteiger partial charge in [-0.2, -0.15) is 0 Å². The largest absolute Gasteiger partial charge is 0.303 e. The molecule has 0 radical (unpaired) electrons. The fourth-order valence-corrected chi connectivity index (χ4v) is 2.80. The van der Waals surface area contributed by atoms with Crippen molar-refractivity contribution in [1.29, 1.82) is 0 Å². The minimum atomic E-state index is 0.561. The van der Waals surface area contributed by atoms with Crippen LogP contribution in [0, 0.1) is 5.92 Å². The second-order valence-corrected chi connectivity index (χ2v) is 5.99. The molecule has 1 saturated heterocycles. The zero-order chi connectivity index (χ0) is 13.7. The number of aromatic nitrogens is 3. The Bertz CT molecular complexity index is 366. The van der Waals surface area contributed by atoms with E-state index in [4.69, 9.17) is 0 Å². The normalized spacial score (nSPS) is 19.7. The van der Waals surface area contributed by atoms with E-state index in [0.29, 0.717) is 6.04 Å². The van der Waals surface area contributed by atoms with E-state index in [0.717, 1.165) is 24.5 Å². The molecule has 1 atom stereocenters. The highest BCUT2D eigenvalue weighted by atomic mass is 15.4. The van der Waals surface area contributed by atoms with Crippen LogP contribution in [0.4, 0.5) is 0 Å². The first-order chi connectivity index (χ1) is 9.22. The Kier molecular flexibility index (Phi) is 5.37.